The minimum Gasteiger partial charge on any atom is -0.489 e. The Kier molecular flexibility index (Phi) is 8.55. The summed E-state index contributed by atoms with van der Waals surface area (Å²) in [5, 5.41) is 0.460. The van der Waals surface area contributed by atoms with Crippen molar-refractivity contribution in [2.24, 2.45) is 0 Å². The molecule has 0 amide bonds. The van der Waals surface area contributed by atoms with Gasteiger partial charge in [-0.1, -0.05) is 53.2 Å². The van der Waals surface area contributed by atoms with E-state index in [0.29, 0.717) is 22.9 Å². The van der Waals surface area contributed by atoms with Gasteiger partial charge in [0, 0.05) is 35.3 Å². The molecule has 0 bridgehead atoms. The fourth-order valence-corrected chi connectivity index (χ4v) is 3.71. The molecule has 0 spiro atoms. The van der Waals surface area contributed by atoms with Gasteiger partial charge in [-0.05, 0) is 37.2 Å². The highest BCUT2D eigenvalue weighted by Gasteiger charge is 2.14. The van der Waals surface area contributed by atoms with Crippen molar-refractivity contribution in [2.75, 3.05) is 13.4 Å². The van der Waals surface area contributed by atoms with E-state index in [4.69, 9.17) is 25.8 Å². The van der Waals surface area contributed by atoms with Gasteiger partial charge in [0.25, 0.3) is 0 Å². The van der Waals surface area contributed by atoms with Crippen LogP contribution in [0.1, 0.15) is 21.5 Å². The van der Waals surface area contributed by atoms with E-state index in [0.717, 1.165) is 33.7 Å². The lowest BCUT2D eigenvalue weighted by atomic mass is 10.1. The molecule has 0 heterocycles. The number of benzene rings is 2. The van der Waals surface area contributed by atoms with Gasteiger partial charge in [-0.2, -0.15) is 0 Å². The maximum Gasteiger partial charge on any atom is 0.189 e. The quantitative estimate of drug-likeness (QED) is 0.167. The summed E-state index contributed by atoms with van der Waals surface area (Å²) < 4.78 is 18.1. The predicted molar refractivity (Wildman–Crippen MR) is 120 cm³/mol. The molecular formula is C21H26BrClO4Si. The zero-order valence-electron chi connectivity index (χ0n) is 16.7. The Morgan fingerprint density at radius 3 is 2.57 bits per heavy atom. The number of halogens is 2. The highest BCUT2D eigenvalue weighted by Crippen LogP contribution is 2.30. The van der Waals surface area contributed by atoms with E-state index >= 15 is 0 Å². The third kappa shape index (κ3) is 6.92. The third-order valence-corrected chi connectivity index (χ3v) is 7.12. The summed E-state index contributed by atoms with van der Waals surface area (Å²) in [5.74, 6) is 1.21. The summed E-state index contributed by atoms with van der Waals surface area (Å²) in [5.41, 5.74) is 2.14. The molecule has 0 saturated carbocycles. The van der Waals surface area contributed by atoms with Crippen LogP contribution in [0.25, 0.3) is 0 Å². The van der Waals surface area contributed by atoms with Gasteiger partial charge in [0.15, 0.2) is 13.1 Å². The molecule has 0 saturated heterocycles. The summed E-state index contributed by atoms with van der Waals surface area (Å²) >= 11 is 9.82. The van der Waals surface area contributed by atoms with Crippen LogP contribution in [0.3, 0.4) is 0 Å². The second-order valence-corrected chi connectivity index (χ2v) is 14.6. The van der Waals surface area contributed by atoms with Crippen LogP contribution >= 0.6 is 27.5 Å². The first-order valence-electron chi connectivity index (χ1n) is 9.07. The van der Waals surface area contributed by atoms with E-state index in [9.17, 15) is 4.79 Å². The predicted octanol–water partition coefficient (Wildman–Crippen LogP) is 6.49. The van der Waals surface area contributed by atoms with Crippen LogP contribution in [0.5, 0.6) is 11.5 Å². The topological polar surface area (TPSA) is 44.8 Å². The summed E-state index contributed by atoms with van der Waals surface area (Å²) in [4.78, 5) is 11.4. The number of hydrogen-bond donors (Lipinski definition) is 0. The summed E-state index contributed by atoms with van der Waals surface area (Å²) in [6.07, 6.45) is 0.729. The van der Waals surface area contributed by atoms with Gasteiger partial charge in [-0.25, -0.2) is 0 Å². The van der Waals surface area contributed by atoms with Crippen LogP contribution in [0.2, 0.25) is 30.7 Å². The normalized spacial score (nSPS) is 11.4. The largest absolute Gasteiger partial charge is 0.489 e. The van der Waals surface area contributed by atoms with Crippen molar-refractivity contribution in [3.63, 3.8) is 0 Å². The molecule has 4 nitrogen and oxygen atoms in total. The molecule has 0 atom stereocenters. The first-order chi connectivity index (χ1) is 13.2. The van der Waals surface area contributed by atoms with Crippen molar-refractivity contribution < 1.29 is 19.0 Å². The minimum atomic E-state index is -1.15. The van der Waals surface area contributed by atoms with Crippen molar-refractivity contribution in [3.8, 4) is 11.5 Å². The average molecular weight is 486 g/mol. The van der Waals surface area contributed by atoms with Crippen molar-refractivity contribution in [3.05, 3.63) is 56.5 Å². The molecule has 0 N–H and O–H groups in total. The highest BCUT2D eigenvalue weighted by atomic mass is 79.9. The van der Waals surface area contributed by atoms with Crippen LogP contribution in [0.15, 0.2) is 34.8 Å². The van der Waals surface area contributed by atoms with E-state index in [2.05, 4.69) is 35.6 Å². The fourth-order valence-electron chi connectivity index (χ4n) is 2.38. The van der Waals surface area contributed by atoms with Crippen LogP contribution in [0.4, 0.5) is 0 Å². The molecule has 28 heavy (non-hydrogen) atoms. The van der Waals surface area contributed by atoms with Gasteiger partial charge in [0.2, 0.25) is 0 Å². The van der Waals surface area contributed by atoms with Gasteiger partial charge in [-0.3, -0.25) is 4.79 Å². The van der Waals surface area contributed by atoms with Gasteiger partial charge in [0.05, 0.1) is 5.56 Å². The fraction of sp³-hybridized carbons (Fsp3) is 0.381. The van der Waals surface area contributed by atoms with Crippen molar-refractivity contribution in [2.45, 2.75) is 39.2 Å². The monoisotopic (exact) mass is 484 g/mol. The Balaban J connectivity index is 2.04. The van der Waals surface area contributed by atoms with E-state index < -0.39 is 8.07 Å². The molecule has 152 valence electrons. The highest BCUT2D eigenvalue weighted by molar-refractivity contribution is 9.10. The third-order valence-electron chi connectivity index (χ3n) is 4.20. The van der Waals surface area contributed by atoms with E-state index in [1.54, 1.807) is 12.1 Å². The minimum absolute atomic E-state index is 0.0952. The number of rotatable bonds is 10. The Hall–Kier alpha value is -1.34. The summed E-state index contributed by atoms with van der Waals surface area (Å²) in [6, 6.07) is 10.2. The number of ether oxygens (including phenoxy) is 3. The Morgan fingerprint density at radius 1 is 1.14 bits per heavy atom. The van der Waals surface area contributed by atoms with E-state index in [1.807, 2.05) is 25.1 Å². The van der Waals surface area contributed by atoms with E-state index in [-0.39, 0.29) is 13.4 Å². The lowest BCUT2D eigenvalue weighted by Crippen LogP contribution is -2.22. The van der Waals surface area contributed by atoms with Gasteiger partial charge in [-0.15, -0.1) is 0 Å². The molecule has 0 aliphatic carbocycles. The molecule has 7 heteroatoms. The maximum absolute atomic E-state index is 11.4. The second-order valence-electron chi connectivity index (χ2n) is 7.73. The summed E-state index contributed by atoms with van der Waals surface area (Å²) in [6.45, 7) is 9.86. The molecule has 0 unspecified atom stereocenters. The van der Waals surface area contributed by atoms with Crippen LogP contribution < -0.4 is 9.47 Å². The van der Waals surface area contributed by atoms with Crippen molar-refractivity contribution in [1.82, 2.24) is 0 Å². The van der Waals surface area contributed by atoms with Gasteiger partial charge >= 0.3 is 0 Å². The maximum atomic E-state index is 11.4. The number of carbonyl (C=O) groups excluding carboxylic acids is 1. The first-order valence-corrected chi connectivity index (χ1v) is 13.9. The Labute approximate surface area is 181 Å². The smallest absolute Gasteiger partial charge is 0.189 e. The second kappa shape index (κ2) is 10.4. The van der Waals surface area contributed by atoms with Crippen molar-refractivity contribution in [1.29, 1.82) is 0 Å². The van der Waals surface area contributed by atoms with Gasteiger partial charge in [0.1, 0.15) is 18.1 Å². The standard InChI is InChI=1S/C21H26BrClO4Si/c1-15-18(22)6-5-7-20(15)26-13-17-11-21(16(12-24)10-19(17)23)27-14-25-8-9-28(2,3)4/h5-7,10-12H,8-9,13-14H2,1-4H3. The van der Waals surface area contributed by atoms with Crippen LogP contribution in [0, 0.1) is 6.92 Å². The first kappa shape index (κ1) is 22.9. The number of hydrogen-bond acceptors (Lipinski definition) is 4. The lowest BCUT2D eigenvalue weighted by Gasteiger charge is -2.16. The molecule has 2 aromatic carbocycles. The lowest BCUT2D eigenvalue weighted by molar-refractivity contribution is 0.0216. The molecule has 0 aromatic heterocycles. The SMILES string of the molecule is Cc1c(Br)cccc1OCc1cc(OCOCC[Si](C)(C)C)c(C=O)cc1Cl. The molecular weight excluding hydrogens is 460 g/mol. The molecule has 0 radical (unpaired) electrons. The van der Waals surface area contributed by atoms with Crippen molar-refractivity contribution >= 4 is 41.9 Å². The molecule has 0 fully saturated rings. The number of carbonyl (C=O) groups is 1. The molecule has 0 aliphatic heterocycles. The van der Waals surface area contributed by atoms with Gasteiger partial charge < -0.3 is 14.2 Å². The number of aldehydes is 1. The van der Waals surface area contributed by atoms with E-state index in [1.165, 1.54) is 0 Å². The Morgan fingerprint density at radius 2 is 1.89 bits per heavy atom. The van der Waals surface area contributed by atoms with Crippen LogP contribution in [-0.2, 0) is 11.3 Å². The molecule has 2 rings (SSSR count). The summed E-state index contributed by atoms with van der Waals surface area (Å²) in [7, 11) is -1.15. The average Bonchev–Trinajstić information content (AvgIpc) is 2.63. The molecule has 2 aromatic rings. The Bertz CT molecular complexity index is 821. The zero-order chi connectivity index (χ0) is 20.7. The zero-order valence-corrected chi connectivity index (χ0v) is 20.0. The van der Waals surface area contributed by atoms with Crippen LogP contribution in [-0.4, -0.2) is 27.8 Å². The molecule has 0 aliphatic rings.